The molecule has 0 aliphatic carbocycles. The number of methoxy groups -OCH3 is 2. The van der Waals surface area contributed by atoms with Gasteiger partial charge in [0.25, 0.3) is 5.91 Å². The minimum atomic E-state index is -1.03. The zero-order chi connectivity index (χ0) is 19.6. The summed E-state index contributed by atoms with van der Waals surface area (Å²) in [5, 5.41) is 0. The molecule has 3 aromatic rings. The number of hydrogen-bond donors (Lipinski definition) is 0. The second kappa shape index (κ2) is 7.60. The molecule has 1 aromatic heterocycles. The Bertz CT molecular complexity index is 1120. The predicted molar refractivity (Wildman–Crippen MR) is 98.0 cm³/mol. The minimum Gasteiger partial charge on any atom is -0.493 e. The van der Waals surface area contributed by atoms with E-state index in [-0.39, 0.29) is 11.3 Å². The molecule has 8 heteroatoms. The average molecular weight is 388 g/mol. The Kier molecular flexibility index (Phi) is 5.23. The molecule has 0 bridgehead atoms. The highest BCUT2D eigenvalue weighted by atomic mass is 32.1. The standard InChI is InChI=1S/C19H14F2N2O3S/c1-4-8-23-13-9-14(25-2)15(26-3)10-16(13)27-19(23)22-18(24)17-11(20)6-5-7-12(17)21/h1,5-7,9-10H,8H2,2-3H3. The van der Waals surface area contributed by atoms with E-state index in [2.05, 4.69) is 10.9 Å². The van der Waals surface area contributed by atoms with Crippen LogP contribution in [-0.4, -0.2) is 24.7 Å². The van der Waals surface area contributed by atoms with Gasteiger partial charge in [0.1, 0.15) is 17.2 Å². The Morgan fingerprint density at radius 3 is 2.44 bits per heavy atom. The van der Waals surface area contributed by atoms with E-state index in [0.717, 1.165) is 28.2 Å². The quantitative estimate of drug-likeness (QED) is 0.644. The maximum Gasteiger partial charge on any atom is 0.285 e. The second-order valence-corrected chi connectivity index (χ2v) is 6.37. The van der Waals surface area contributed by atoms with Gasteiger partial charge in [-0.05, 0) is 12.1 Å². The van der Waals surface area contributed by atoms with E-state index >= 15 is 0 Å². The van der Waals surface area contributed by atoms with E-state index in [9.17, 15) is 13.6 Å². The van der Waals surface area contributed by atoms with Crippen LogP contribution in [0.2, 0.25) is 0 Å². The van der Waals surface area contributed by atoms with Crippen molar-refractivity contribution >= 4 is 27.5 Å². The zero-order valence-electron chi connectivity index (χ0n) is 14.5. The third kappa shape index (κ3) is 3.41. The van der Waals surface area contributed by atoms with Crippen LogP contribution in [0.3, 0.4) is 0 Å². The number of rotatable bonds is 4. The van der Waals surface area contributed by atoms with Crippen LogP contribution in [0.25, 0.3) is 10.2 Å². The normalized spacial score (nSPS) is 11.4. The van der Waals surface area contributed by atoms with Crippen molar-refractivity contribution in [2.75, 3.05) is 14.2 Å². The first-order valence-corrected chi connectivity index (χ1v) is 8.53. The number of halogens is 2. The summed E-state index contributed by atoms with van der Waals surface area (Å²) in [6.07, 6.45) is 5.43. The lowest BCUT2D eigenvalue weighted by Crippen LogP contribution is -2.17. The van der Waals surface area contributed by atoms with Gasteiger partial charge in [-0.2, -0.15) is 4.99 Å². The molecule has 0 N–H and O–H groups in total. The van der Waals surface area contributed by atoms with Gasteiger partial charge in [0.05, 0.1) is 31.0 Å². The Morgan fingerprint density at radius 1 is 1.22 bits per heavy atom. The van der Waals surface area contributed by atoms with Crippen molar-refractivity contribution in [3.8, 4) is 23.8 Å². The fourth-order valence-electron chi connectivity index (χ4n) is 2.57. The van der Waals surface area contributed by atoms with Crippen LogP contribution in [0.4, 0.5) is 8.78 Å². The van der Waals surface area contributed by atoms with E-state index in [4.69, 9.17) is 15.9 Å². The molecule has 5 nitrogen and oxygen atoms in total. The Labute approximate surface area is 157 Å². The molecule has 2 aromatic carbocycles. The van der Waals surface area contributed by atoms with Crippen LogP contribution in [0.1, 0.15) is 10.4 Å². The lowest BCUT2D eigenvalue weighted by Gasteiger charge is -2.08. The first kappa shape index (κ1) is 18.6. The largest absolute Gasteiger partial charge is 0.493 e. The highest BCUT2D eigenvalue weighted by Gasteiger charge is 2.18. The van der Waals surface area contributed by atoms with Crippen molar-refractivity contribution < 1.29 is 23.0 Å². The van der Waals surface area contributed by atoms with E-state index in [0.29, 0.717) is 17.0 Å². The number of fused-ring (bicyclic) bond motifs is 1. The zero-order valence-corrected chi connectivity index (χ0v) is 15.3. The third-order valence-electron chi connectivity index (χ3n) is 3.81. The summed E-state index contributed by atoms with van der Waals surface area (Å²) in [5.41, 5.74) is -0.0477. The summed E-state index contributed by atoms with van der Waals surface area (Å²) >= 11 is 1.15. The molecule has 0 radical (unpaired) electrons. The molecule has 3 rings (SSSR count). The fraction of sp³-hybridized carbons (Fsp3) is 0.158. The predicted octanol–water partition coefficient (Wildman–Crippen LogP) is 3.37. The Hall–Kier alpha value is -3.18. The third-order valence-corrected chi connectivity index (χ3v) is 4.85. The number of benzene rings is 2. The number of hydrogen-bond acceptors (Lipinski definition) is 4. The smallest absolute Gasteiger partial charge is 0.285 e. The van der Waals surface area contributed by atoms with Crippen molar-refractivity contribution in [2.24, 2.45) is 4.99 Å². The molecule has 138 valence electrons. The molecule has 0 aliphatic heterocycles. The van der Waals surface area contributed by atoms with Gasteiger partial charge in [-0.3, -0.25) is 4.79 Å². The van der Waals surface area contributed by atoms with Gasteiger partial charge in [0, 0.05) is 12.1 Å². The molecule has 0 saturated carbocycles. The summed E-state index contributed by atoms with van der Waals surface area (Å²) in [7, 11) is 3.00. The number of thiazole rings is 1. The molecule has 27 heavy (non-hydrogen) atoms. The molecule has 1 heterocycles. The lowest BCUT2D eigenvalue weighted by atomic mass is 10.2. The highest BCUT2D eigenvalue weighted by molar-refractivity contribution is 7.16. The summed E-state index contributed by atoms with van der Waals surface area (Å²) in [6, 6.07) is 6.61. The van der Waals surface area contributed by atoms with Crippen LogP contribution in [0.15, 0.2) is 35.3 Å². The van der Waals surface area contributed by atoms with Crippen LogP contribution in [0.5, 0.6) is 11.5 Å². The van der Waals surface area contributed by atoms with Gasteiger partial charge in [0.2, 0.25) is 0 Å². The van der Waals surface area contributed by atoms with Crippen molar-refractivity contribution in [3.63, 3.8) is 0 Å². The monoisotopic (exact) mass is 388 g/mol. The first-order valence-electron chi connectivity index (χ1n) is 7.72. The molecular formula is C19H14F2N2O3S. The SMILES string of the molecule is C#CCn1c(=NC(=O)c2c(F)cccc2F)sc2cc(OC)c(OC)cc21. The van der Waals surface area contributed by atoms with Crippen LogP contribution >= 0.6 is 11.3 Å². The van der Waals surface area contributed by atoms with Crippen LogP contribution < -0.4 is 14.3 Å². The van der Waals surface area contributed by atoms with E-state index in [1.165, 1.54) is 20.3 Å². The molecule has 0 fully saturated rings. The van der Waals surface area contributed by atoms with E-state index in [1.807, 2.05) is 0 Å². The summed E-state index contributed by atoms with van der Waals surface area (Å²) in [4.78, 5) is 16.5. The number of terminal acetylenes is 1. The van der Waals surface area contributed by atoms with Gasteiger partial charge < -0.3 is 14.0 Å². The van der Waals surface area contributed by atoms with Crippen molar-refractivity contribution in [2.45, 2.75) is 6.54 Å². The summed E-state index contributed by atoms with van der Waals surface area (Å²) in [5.74, 6) is 0.482. The fourth-order valence-corrected chi connectivity index (χ4v) is 3.61. The van der Waals surface area contributed by atoms with Gasteiger partial charge in [-0.1, -0.05) is 23.3 Å². The topological polar surface area (TPSA) is 52.8 Å². The maximum absolute atomic E-state index is 13.9. The van der Waals surface area contributed by atoms with Crippen molar-refractivity contribution in [3.05, 3.63) is 52.3 Å². The Balaban J connectivity index is 2.24. The number of ether oxygens (including phenoxy) is 2. The Morgan fingerprint density at radius 2 is 1.85 bits per heavy atom. The number of carbonyl (C=O) groups excluding carboxylic acids is 1. The minimum absolute atomic E-state index is 0.112. The van der Waals surface area contributed by atoms with Crippen LogP contribution in [0, 0.1) is 24.0 Å². The molecule has 0 atom stereocenters. The number of aromatic nitrogens is 1. The first-order chi connectivity index (χ1) is 13.0. The second-order valence-electron chi connectivity index (χ2n) is 5.36. The number of carbonyl (C=O) groups is 1. The van der Waals surface area contributed by atoms with E-state index in [1.54, 1.807) is 16.7 Å². The number of amides is 1. The van der Waals surface area contributed by atoms with Crippen molar-refractivity contribution in [1.29, 1.82) is 0 Å². The molecule has 1 amide bonds. The highest BCUT2D eigenvalue weighted by Crippen LogP contribution is 2.33. The molecule has 0 saturated heterocycles. The van der Waals surface area contributed by atoms with Crippen LogP contribution in [-0.2, 0) is 6.54 Å². The lowest BCUT2D eigenvalue weighted by molar-refractivity contribution is 0.0990. The van der Waals surface area contributed by atoms with Crippen molar-refractivity contribution in [1.82, 2.24) is 4.57 Å². The van der Waals surface area contributed by atoms with Gasteiger partial charge in [-0.25, -0.2) is 8.78 Å². The summed E-state index contributed by atoms with van der Waals surface area (Å²) < 4.78 is 40.6. The maximum atomic E-state index is 13.9. The average Bonchev–Trinajstić information content (AvgIpc) is 2.97. The van der Waals surface area contributed by atoms with Gasteiger partial charge >= 0.3 is 0 Å². The number of nitrogens with zero attached hydrogens (tertiary/aromatic N) is 2. The molecule has 0 aliphatic rings. The van der Waals surface area contributed by atoms with Gasteiger partial charge in [-0.15, -0.1) is 6.42 Å². The van der Waals surface area contributed by atoms with E-state index < -0.39 is 23.1 Å². The molecular weight excluding hydrogens is 374 g/mol. The molecule has 0 spiro atoms. The van der Waals surface area contributed by atoms with Gasteiger partial charge in [0.15, 0.2) is 16.3 Å². The molecule has 0 unspecified atom stereocenters. The summed E-state index contributed by atoms with van der Waals surface area (Å²) in [6.45, 7) is 0.112.